The second kappa shape index (κ2) is 5.58. The Morgan fingerprint density at radius 2 is 2.17 bits per heavy atom. The highest BCUT2D eigenvalue weighted by Crippen LogP contribution is 2.30. The fraction of sp³-hybridized carbons (Fsp3) is 0.375. The van der Waals surface area contributed by atoms with Crippen molar-refractivity contribution in [1.82, 2.24) is 9.88 Å². The second-order valence-corrected chi connectivity index (χ2v) is 6.05. The number of pyridine rings is 1. The normalized spacial score (nSPS) is 14.9. The third-order valence-electron chi connectivity index (χ3n) is 4.34. The van der Waals surface area contributed by atoms with E-state index in [1.165, 1.54) is 12.1 Å². The molecular weight excluding hydrogens is 296 g/mol. The maximum Gasteiger partial charge on any atom is 0.270 e. The number of benzene rings is 1. The summed E-state index contributed by atoms with van der Waals surface area (Å²) >= 11 is 0. The van der Waals surface area contributed by atoms with E-state index in [0.717, 1.165) is 24.2 Å². The molecule has 0 fully saturated rings. The predicted octanol–water partition coefficient (Wildman–Crippen LogP) is 2.01. The molecule has 7 nitrogen and oxygen atoms in total. The minimum Gasteiger partial charge on any atom is -0.366 e. The quantitative estimate of drug-likeness (QED) is 0.689. The Bertz CT molecular complexity index is 817. The van der Waals surface area contributed by atoms with Crippen LogP contribution >= 0.6 is 0 Å². The number of nitro benzene ring substituents is 1. The zero-order valence-electron chi connectivity index (χ0n) is 13.1. The Morgan fingerprint density at radius 1 is 1.43 bits per heavy atom. The molecule has 2 N–H and O–H groups in total. The number of nitrogens with zero attached hydrogens (tertiary/aromatic N) is 3. The lowest BCUT2D eigenvalue weighted by Gasteiger charge is -2.32. The largest absolute Gasteiger partial charge is 0.366 e. The molecule has 0 unspecified atom stereocenters. The van der Waals surface area contributed by atoms with Crippen molar-refractivity contribution in [3.05, 3.63) is 45.1 Å². The fourth-order valence-electron chi connectivity index (χ4n) is 3.09. The number of carbonyl (C=O) groups excluding carboxylic acids is 1. The molecule has 1 aliphatic heterocycles. The van der Waals surface area contributed by atoms with Crippen LogP contribution in [0.5, 0.6) is 0 Å². The molecular formula is C16H18N4O3. The number of non-ortho nitro benzene ring substituents is 1. The highest BCUT2D eigenvalue weighted by atomic mass is 16.6. The molecule has 2 aromatic rings. The molecule has 0 saturated heterocycles. The summed E-state index contributed by atoms with van der Waals surface area (Å²) in [6.45, 7) is 5.63. The molecule has 7 heteroatoms. The molecule has 0 spiro atoms. The summed E-state index contributed by atoms with van der Waals surface area (Å²) in [6.07, 6.45) is 0.737. The van der Waals surface area contributed by atoms with Crippen molar-refractivity contribution < 1.29 is 9.72 Å². The van der Waals surface area contributed by atoms with Crippen molar-refractivity contribution in [2.75, 3.05) is 6.54 Å². The first-order valence-corrected chi connectivity index (χ1v) is 7.52. The summed E-state index contributed by atoms with van der Waals surface area (Å²) < 4.78 is 0. The minimum atomic E-state index is -0.570. The van der Waals surface area contributed by atoms with E-state index in [0.29, 0.717) is 29.1 Å². The molecule has 23 heavy (non-hydrogen) atoms. The average Bonchev–Trinajstić information content (AvgIpc) is 2.50. The van der Waals surface area contributed by atoms with Gasteiger partial charge in [-0.2, -0.15) is 0 Å². The number of primary amides is 1. The van der Waals surface area contributed by atoms with Crippen LogP contribution in [0.25, 0.3) is 10.9 Å². The lowest BCUT2D eigenvalue weighted by molar-refractivity contribution is -0.384. The number of nitrogens with two attached hydrogens (primary N) is 1. The molecule has 0 saturated carbocycles. The summed E-state index contributed by atoms with van der Waals surface area (Å²) in [7, 11) is 0. The van der Waals surface area contributed by atoms with Crippen molar-refractivity contribution >= 4 is 22.5 Å². The molecule has 1 amide bonds. The van der Waals surface area contributed by atoms with E-state index in [2.05, 4.69) is 23.7 Å². The van der Waals surface area contributed by atoms with Crippen molar-refractivity contribution in [3.8, 4) is 0 Å². The highest BCUT2D eigenvalue weighted by molar-refractivity contribution is 6.07. The van der Waals surface area contributed by atoms with Gasteiger partial charge in [0.15, 0.2) is 0 Å². The van der Waals surface area contributed by atoms with Gasteiger partial charge in [-0.15, -0.1) is 0 Å². The van der Waals surface area contributed by atoms with Crippen LogP contribution in [0, 0.1) is 10.1 Å². The zero-order valence-corrected chi connectivity index (χ0v) is 13.1. The molecule has 3 rings (SSSR count). The van der Waals surface area contributed by atoms with E-state index in [-0.39, 0.29) is 5.69 Å². The summed E-state index contributed by atoms with van der Waals surface area (Å²) in [5.41, 5.74) is 8.11. The lowest BCUT2D eigenvalue weighted by Crippen LogP contribution is -2.37. The van der Waals surface area contributed by atoms with Gasteiger partial charge in [0, 0.05) is 54.3 Å². The van der Waals surface area contributed by atoms with E-state index < -0.39 is 10.8 Å². The van der Waals surface area contributed by atoms with Gasteiger partial charge < -0.3 is 5.73 Å². The van der Waals surface area contributed by atoms with E-state index >= 15 is 0 Å². The van der Waals surface area contributed by atoms with Crippen LogP contribution in [0.15, 0.2) is 18.2 Å². The minimum absolute atomic E-state index is 0.0710. The van der Waals surface area contributed by atoms with Gasteiger partial charge in [-0.1, -0.05) is 0 Å². The molecule has 1 aliphatic rings. The number of aromatic nitrogens is 1. The fourth-order valence-corrected chi connectivity index (χ4v) is 3.09. The number of hydrogen-bond donors (Lipinski definition) is 1. The zero-order chi connectivity index (χ0) is 16.7. The standard InChI is InChI=1S/C16H18N4O3/c1-9(2)19-6-5-14-12(8-19)15(16(17)21)11-7-10(20(22)23)3-4-13(11)18-14/h3-4,7,9H,5-6,8H2,1-2H3,(H2,17,21). The number of nitro groups is 1. The lowest BCUT2D eigenvalue weighted by atomic mass is 9.94. The Kier molecular flexibility index (Phi) is 3.73. The molecule has 0 bridgehead atoms. The van der Waals surface area contributed by atoms with Crippen molar-refractivity contribution in [1.29, 1.82) is 0 Å². The number of carbonyl (C=O) groups is 1. The maximum atomic E-state index is 12.1. The van der Waals surface area contributed by atoms with E-state index in [1.54, 1.807) is 6.07 Å². The molecule has 2 heterocycles. The summed E-state index contributed by atoms with van der Waals surface area (Å²) in [5, 5.41) is 11.5. The molecule has 0 radical (unpaired) electrons. The monoisotopic (exact) mass is 314 g/mol. The summed E-state index contributed by atoms with van der Waals surface area (Å²) in [4.78, 5) is 29.4. The topological polar surface area (TPSA) is 102 Å². The molecule has 0 aliphatic carbocycles. The van der Waals surface area contributed by atoms with E-state index in [9.17, 15) is 14.9 Å². The summed E-state index contributed by atoms with van der Waals surface area (Å²) in [5.74, 6) is -0.570. The van der Waals surface area contributed by atoms with Crippen LogP contribution in [0.1, 0.15) is 35.5 Å². The first kappa shape index (κ1) is 15.4. The van der Waals surface area contributed by atoms with E-state index in [4.69, 9.17) is 5.73 Å². The Labute approximate surface area is 133 Å². The molecule has 1 aromatic heterocycles. The smallest absolute Gasteiger partial charge is 0.270 e. The van der Waals surface area contributed by atoms with Crippen LogP contribution < -0.4 is 5.73 Å². The van der Waals surface area contributed by atoms with Crippen LogP contribution in [0.4, 0.5) is 5.69 Å². The third kappa shape index (κ3) is 2.63. The molecule has 1 aromatic carbocycles. The van der Waals surface area contributed by atoms with Gasteiger partial charge in [-0.05, 0) is 19.9 Å². The van der Waals surface area contributed by atoms with Crippen LogP contribution in [-0.4, -0.2) is 33.3 Å². The Balaban J connectivity index is 2.26. The van der Waals surface area contributed by atoms with Gasteiger partial charge in [0.25, 0.3) is 5.69 Å². The van der Waals surface area contributed by atoms with Gasteiger partial charge >= 0.3 is 0 Å². The van der Waals surface area contributed by atoms with Crippen molar-refractivity contribution in [2.24, 2.45) is 5.73 Å². The first-order valence-electron chi connectivity index (χ1n) is 7.52. The third-order valence-corrected chi connectivity index (χ3v) is 4.34. The Morgan fingerprint density at radius 3 is 2.78 bits per heavy atom. The van der Waals surface area contributed by atoms with Gasteiger partial charge in [0.2, 0.25) is 5.91 Å². The number of amides is 1. The van der Waals surface area contributed by atoms with Gasteiger partial charge in [-0.3, -0.25) is 24.8 Å². The number of rotatable bonds is 3. The van der Waals surface area contributed by atoms with E-state index in [1.807, 2.05) is 0 Å². The van der Waals surface area contributed by atoms with Crippen LogP contribution in [-0.2, 0) is 13.0 Å². The highest BCUT2D eigenvalue weighted by Gasteiger charge is 2.26. The number of fused-ring (bicyclic) bond motifs is 2. The number of hydrogen-bond acceptors (Lipinski definition) is 5. The Hall–Kier alpha value is -2.54. The van der Waals surface area contributed by atoms with Gasteiger partial charge in [0.05, 0.1) is 16.0 Å². The van der Waals surface area contributed by atoms with Gasteiger partial charge in [0.1, 0.15) is 0 Å². The maximum absolute atomic E-state index is 12.1. The average molecular weight is 314 g/mol. The first-order chi connectivity index (χ1) is 10.9. The molecule has 120 valence electrons. The molecule has 0 atom stereocenters. The predicted molar refractivity (Wildman–Crippen MR) is 86.2 cm³/mol. The van der Waals surface area contributed by atoms with Gasteiger partial charge in [-0.25, -0.2) is 0 Å². The SMILES string of the molecule is CC(C)N1CCc2nc3ccc([N+](=O)[O-])cc3c(C(N)=O)c2C1. The van der Waals surface area contributed by atoms with Crippen molar-refractivity contribution in [2.45, 2.75) is 32.9 Å². The summed E-state index contributed by atoms with van der Waals surface area (Å²) in [6, 6.07) is 4.70. The second-order valence-electron chi connectivity index (χ2n) is 6.05. The van der Waals surface area contributed by atoms with Crippen LogP contribution in [0.3, 0.4) is 0 Å². The van der Waals surface area contributed by atoms with Crippen molar-refractivity contribution in [3.63, 3.8) is 0 Å². The van der Waals surface area contributed by atoms with Crippen LogP contribution in [0.2, 0.25) is 0 Å².